The Morgan fingerprint density at radius 2 is 1.46 bits per heavy atom. The van der Waals surface area contributed by atoms with Crippen LogP contribution in [-0.2, 0) is 14.4 Å². The predicted octanol–water partition coefficient (Wildman–Crippen LogP) is 5.67. The molecule has 3 aliphatic rings. The lowest BCUT2D eigenvalue weighted by Crippen LogP contribution is -2.42. The number of ether oxygens (including phenoxy) is 1. The monoisotopic (exact) mass is 485 g/mol. The molecule has 0 radical (unpaired) electrons. The average Bonchev–Trinajstić information content (AvgIpc) is 3.18. The summed E-state index contributed by atoms with van der Waals surface area (Å²) in [5.41, 5.74) is 4.02. The standard InChI is InChI=1S/C32H23NO4/c1-18-11-14-23-25-17-24(20-8-3-2-4-9-20)27-29(28(25)32(36)37-26(23)15-18)31(35)33(30(27)34)22-13-12-19-7-5-6-10-21(19)16-22/h2-17,24,27-29H,1H3/t24-,27+,28-,29-/m1/s1. The van der Waals surface area contributed by atoms with Crippen LogP contribution in [0.2, 0.25) is 0 Å². The smallest absolute Gasteiger partial charge is 0.319 e. The molecule has 0 spiro atoms. The molecule has 5 nitrogen and oxygen atoms in total. The summed E-state index contributed by atoms with van der Waals surface area (Å²) in [5, 5.41) is 1.96. The maximum Gasteiger partial charge on any atom is 0.319 e. The summed E-state index contributed by atoms with van der Waals surface area (Å²) in [7, 11) is 0. The van der Waals surface area contributed by atoms with E-state index in [9.17, 15) is 14.4 Å². The van der Waals surface area contributed by atoms with Gasteiger partial charge in [-0.15, -0.1) is 0 Å². The Morgan fingerprint density at radius 3 is 2.27 bits per heavy atom. The molecule has 0 unspecified atom stereocenters. The summed E-state index contributed by atoms with van der Waals surface area (Å²) in [4.78, 5) is 42.9. The van der Waals surface area contributed by atoms with Crippen molar-refractivity contribution in [2.45, 2.75) is 12.8 Å². The van der Waals surface area contributed by atoms with E-state index in [2.05, 4.69) is 0 Å². The molecule has 0 bridgehead atoms. The lowest BCUT2D eigenvalue weighted by Gasteiger charge is -2.38. The second kappa shape index (κ2) is 8.00. The zero-order valence-corrected chi connectivity index (χ0v) is 20.1. The predicted molar refractivity (Wildman–Crippen MR) is 141 cm³/mol. The van der Waals surface area contributed by atoms with Crippen molar-refractivity contribution < 1.29 is 19.1 Å². The maximum atomic E-state index is 14.1. The molecular weight excluding hydrogens is 462 g/mol. The fraction of sp³-hybridized carbons (Fsp3) is 0.156. The van der Waals surface area contributed by atoms with E-state index in [1.165, 1.54) is 4.90 Å². The zero-order valence-electron chi connectivity index (χ0n) is 20.1. The van der Waals surface area contributed by atoms with Gasteiger partial charge in [0.15, 0.2) is 0 Å². The van der Waals surface area contributed by atoms with Gasteiger partial charge in [-0.2, -0.15) is 0 Å². The largest absolute Gasteiger partial charge is 0.425 e. The summed E-state index contributed by atoms with van der Waals surface area (Å²) in [6, 6.07) is 28.9. The molecule has 4 atom stereocenters. The quantitative estimate of drug-likeness (QED) is 0.209. The van der Waals surface area contributed by atoms with E-state index >= 15 is 0 Å². The lowest BCUT2D eigenvalue weighted by atomic mass is 9.64. The topological polar surface area (TPSA) is 63.7 Å². The van der Waals surface area contributed by atoms with Crippen molar-refractivity contribution in [1.29, 1.82) is 0 Å². The summed E-state index contributed by atoms with van der Waals surface area (Å²) >= 11 is 0. The molecule has 7 rings (SSSR count). The van der Waals surface area contributed by atoms with Crippen molar-refractivity contribution in [2.24, 2.45) is 17.8 Å². The number of allylic oxidation sites excluding steroid dienone is 1. The van der Waals surface area contributed by atoms with E-state index in [0.717, 1.165) is 33.0 Å². The van der Waals surface area contributed by atoms with Crippen molar-refractivity contribution >= 4 is 39.8 Å². The molecule has 1 saturated heterocycles. The number of aryl methyl sites for hydroxylation is 1. The second-order valence-corrected chi connectivity index (χ2v) is 10.1. The Hall–Kier alpha value is -4.51. The summed E-state index contributed by atoms with van der Waals surface area (Å²) in [5.74, 6) is -3.33. The molecule has 37 heavy (non-hydrogen) atoms. The van der Waals surface area contributed by atoms with Crippen LogP contribution >= 0.6 is 0 Å². The number of nitrogens with zero attached hydrogens (tertiary/aromatic N) is 1. The highest BCUT2D eigenvalue weighted by Crippen LogP contribution is 2.54. The van der Waals surface area contributed by atoms with E-state index in [1.807, 2.05) is 97.9 Å². The first-order valence-electron chi connectivity index (χ1n) is 12.5. The van der Waals surface area contributed by atoms with Gasteiger partial charge < -0.3 is 4.74 Å². The minimum absolute atomic E-state index is 0.281. The molecule has 0 N–H and O–H groups in total. The average molecular weight is 486 g/mol. The fourth-order valence-electron chi connectivity index (χ4n) is 6.24. The van der Waals surface area contributed by atoms with Crippen molar-refractivity contribution in [2.75, 3.05) is 4.90 Å². The first-order valence-corrected chi connectivity index (χ1v) is 12.5. The van der Waals surface area contributed by atoms with Crippen LogP contribution in [0.4, 0.5) is 5.69 Å². The van der Waals surface area contributed by atoms with Crippen LogP contribution < -0.4 is 9.64 Å². The molecule has 5 heteroatoms. The molecule has 1 aliphatic carbocycles. The van der Waals surface area contributed by atoms with Gasteiger partial charge in [0.05, 0.1) is 23.4 Å². The lowest BCUT2D eigenvalue weighted by molar-refractivity contribution is -0.142. The highest BCUT2D eigenvalue weighted by Gasteiger charge is 2.60. The van der Waals surface area contributed by atoms with Gasteiger partial charge in [-0.3, -0.25) is 14.4 Å². The van der Waals surface area contributed by atoms with Crippen molar-refractivity contribution in [3.63, 3.8) is 0 Å². The van der Waals surface area contributed by atoms with Gasteiger partial charge in [0.2, 0.25) is 11.8 Å². The van der Waals surface area contributed by atoms with Gasteiger partial charge in [-0.25, -0.2) is 4.90 Å². The Labute approximate surface area is 214 Å². The summed E-state index contributed by atoms with van der Waals surface area (Å²) < 4.78 is 5.75. The number of anilines is 1. The number of esters is 1. The van der Waals surface area contributed by atoms with Crippen molar-refractivity contribution in [1.82, 2.24) is 0 Å². The summed E-state index contributed by atoms with van der Waals surface area (Å²) in [6.07, 6.45) is 2.02. The minimum Gasteiger partial charge on any atom is -0.425 e. The highest BCUT2D eigenvalue weighted by atomic mass is 16.5. The van der Waals surface area contributed by atoms with Gasteiger partial charge in [-0.1, -0.05) is 78.9 Å². The first kappa shape index (κ1) is 21.7. The third-order valence-corrected chi connectivity index (χ3v) is 7.93. The molecule has 4 aromatic carbocycles. The number of carbonyl (C=O) groups excluding carboxylic acids is 3. The molecule has 0 saturated carbocycles. The van der Waals surface area contributed by atoms with E-state index in [1.54, 1.807) is 6.07 Å². The molecule has 0 aromatic heterocycles. The van der Waals surface area contributed by atoms with Crippen molar-refractivity contribution in [3.05, 3.63) is 114 Å². The number of rotatable bonds is 2. The Kier molecular flexibility index (Phi) is 4.70. The van der Waals surface area contributed by atoms with E-state index < -0.39 is 23.7 Å². The summed E-state index contributed by atoms with van der Waals surface area (Å²) in [6.45, 7) is 1.94. The van der Waals surface area contributed by atoms with E-state index in [-0.39, 0.29) is 17.7 Å². The van der Waals surface area contributed by atoms with Gasteiger partial charge >= 0.3 is 5.97 Å². The number of hydrogen-bond donors (Lipinski definition) is 0. The van der Waals surface area contributed by atoms with E-state index in [4.69, 9.17) is 4.74 Å². The van der Waals surface area contributed by atoms with E-state index in [0.29, 0.717) is 11.4 Å². The first-order chi connectivity index (χ1) is 18.0. The van der Waals surface area contributed by atoms with Crippen LogP contribution in [0.15, 0.2) is 97.1 Å². The molecular formula is C32H23NO4. The molecule has 1 fully saturated rings. The molecule has 4 aromatic rings. The fourth-order valence-corrected chi connectivity index (χ4v) is 6.24. The SMILES string of the molecule is Cc1ccc2c(c1)OC(=O)[C@@H]1C2=C[C@H](c2ccccc2)[C@@H]2C(=O)N(c3ccc4ccccc4c3)C(=O)[C@@H]12. The third-order valence-electron chi connectivity index (χ3n) is 7.93. The zero-order chi connectivity index (χ0) is 25.3. The molecule has 180 valence electrons. The molecule has 2 aliphatic heterocycles. The number of amides is 2. The van der Waals surface area contributed by atoms with Gasteiger partial charge in [0.1, 0.15) is 5.75 Å². The Morgan fingerprint density at radius 1 is 0.730 bits per heavy atom. The number of hydrogen-bond acceptors (Lipinski definition) is 4. The van der Waals surface area contributed by atoms with Gasteiger partial charge in [0.25, 0.3) is 0 Å². The van der Waals surface area contributed by atoms with Crippen LogP contribution in [0.1, 0.15) is 22.6 Å². The third kappa shape index (κ3) is 3.20. The normalized spacial score (nSPS) is 24.3. The van der Waals surface area contributed by atoms with Crippen LogP contribution in [-0.4, -0.2) is 17.8 Å². The number of fused-ring (bicyclic) bond motifs is 6. The second-order valence-electron chi connectivity index (χ2n) is 10.1. The Balaban J connectivity index is 1.41. The van der Waals surface area contributed by atoms with Crippen LogP contribution in [0, 0.1) is 24.7 Å². The van der Waals surface area contributed by atoms with Crippen LogP contribution in [0.5, 0.6) is 5.75 Å². The number of benzene rings is 4. The molecule has 2 heterocycles. The number of carbonyl (C=O) groups is 3. The van der Waals surface area contributed by atoms with Crippen LogP contribution in [0.3, 0.4) is 0 Å². The highest BCUT2D eigenvalue weighted by molar-refractivity contribution is 6.25. The molecule has 2 amide bonds. The minimum atomic E-state index is -0.842. The van der Waals surface area contributed by atoms with Crippen molar-refractivity contribution in [3.8, 4) is 5.75 Å². The number of imide groups is 1. The van der Waals surface area contributed by atoms with Gasteiger partial charge in [-0.05, 0) is 52.6 Å². The maximum absolute atomic E-state index is 14.1. The van der Waals surface area contributed by atoms with Gasteiger partial charge in [0, 0.05) is 11.5 Å². The van der Waals surface area contributed by atoms with Crippen LogP contribution in [0.25, 0.3) is 16.3 Å². The Bertz CT molecular complexity index is 1650.